The fraction of sp³-hybridized carbons (Fsp3) is 1.00. The van der Waals surface area contributed by atoms with Crippen LogP contribution >= 0.6 is 0 Å². The van der Waals surface area contributed by atoms with Gasteiger partial charge in [-0.15, -0.1) is 0 Å². The predicted molar refractivity (Wildman–Crippen MR) is 166 cm³/mol. The van der Waals surface area contributed by atoms with Crippen LogP contribution in [-0.2, 0) is 334 Å². The van der Waals surface area contributed by atoms with Gasteiger partial charge in [-0.1, -0.05) is 0 Å². The van der Waals surface area contributed by atoms with Crippen LogP contribution in [0, 0.1) is 0 Å². The van der Waals surface area contributed by atoms with Gasteiger partial charge in [0, 0.05) is 226 Å². The van der Waals surface area contributed by atoms with Crippen molar-refractivity contribution >= 4 is 0 Å². The second-order valence-corrected chi connectivity index (χ2v) is 3.46. The summed E-state index contributed by atoms with van der Waals surface area (Å²) >= 11 is 0. The number of nitrogens with two attached hydrogens (primary N) is 12. The molecular formula is C12H72ClCo2Mo7N12O34-39. The zero-order chi connectivity index (χ0) is 20.5. The minimum Gasteiger partial charge on any atom is -2.00 e. The standard InChI is InChI=1S/6C2H8N2.ClH.2Co.7Mo.10H2O.24O/c6*3-1-2-4;;;;;;;;;;;;;;;;;;;;;;;;;;;;;;;;;;;;;;;;;;;;/h6*1-4H2;1H;;;;;;;;;;10*1H2;;;;;;;;;;;;;;;;;;;;;;;;/q;;;;;;;2*+3;;;;;;;;;;;;;;;;;;24*-2/p+3. The number of halogens is 1. The van der Waals surface area contributed by atoms with E-state index in [-0.39, 0.29) is 380 Å². The third-order valence-electron chi connectivity index (χ3n) is 1.00. The third-order valence-corrected chi connectivity index (χ3v) is 1.00. The van der Waals surface area contributed by atoms with Crippen LogP contribution in [0.25, 0.3) is 0 Å². The van der Waals surface area contributed by atoms with Crippen molar-refractivity contribution in [3.05, 3.63) is 0 Å². The Kier molecular flexibility index (Phi) is 14500. The van der Waals surface area contributed by atoms with Gasteiger partial charge in [-0.25, -0.2) is 0 Å². The molecule has 0 unspecified atom stereocenters. The zero-order valence-electron chi connectivity index (χ0n) is 34.4. The summed E-state index contributed by atoms with van der Waals surface area (Å²) in [6, 6.07) is 0. The van der Waals surface area contributed by atoms with E-state index in [1.165, 1.54) is 0 Å². The quantitative estimate of drug-likeness (QED) is 0.0872. The predicted octanol–water partition coefficient (Wildman–Crippen LogP) is -21.1. The first-order valence-corrected chi connectivity index (χ1v) is 7.90. The van der Waals surface area contributed by atoms with E-state index < -0.39 is 0 Å². The molecule has 0 amide bonds. The van der Waals surface area contributed by atoms with Gasteiger partial charge in [0.25, 0.3) is 0 Å². The summed E-state index contributed by atoms with van der Waals surface area (Å²) in [5, 5.41) is 0. The summed E-state index contributed by atoms with van der Waals surface area (Å²) in [4.78, 5) is 0. The molecule has 0 aliphatic carbocycles. The van der Waals surface area contributed by atoms with Gasteiger partial charge in [-0.2, -0.15) is 0 Å². The van der Waals surface area contributed by atoms with E-state index in [1.807, 2.05) is 0 Å². The molecule has 0 rings (SSSR count). The second-order valence-electron chi connectivity index (χ2n) is 3.46. The Morgan fingerprint density at radius 1 is 0.147 bits per heavy atom. The minimum absolute atomic E-state index is 0. The van der Waals surface area contributed by atoms with Crippen molar-refractivity contribution in [2.75, 3.05) is 78.5 Å². The molecule has 0 aromatic carbocycles. The maximum Gasteiger partial charge on any atom is 3.00 e. The van der Waals surface area contributed by atoms with Gasteiger partial charge in [-0.05, 0) is 0 Å². The average Bonchev–Trinajstić information content (AvgIpc) is 2.68. The smallest absolute Gasteiger partial charge is 2.00 e. The molecule has 0 saturated carbocycles. The topological polar surface area (TPSA) is 1320 Å². The van der Waals surface area contributed by atoms with Gasteiger partial charge >= 0.3 is 33.6 Å². The van der Waals surface area contributed by atoms with Crippen LogP contribution in [0.15, 0.2) is 0 Å². The van der Waals surface area contributed by atoms with Crippen molar-refractivity contribution in [1.82, 2.24) is 0 Å². The molecule has 0 aliphatic heterocycles. The minimum atomic E-state index is 0. The first-order valence-electron chi connectivity index (χ1n) is 7.90. The molecule has 0 fully saturated rings. The molecule has 68 heavy (non-hydrogen) atoms. The molecule has 0 heterocycles. The molecule has 56 heteroatoms. The first-order chi connectivity index (χ1) is 11.5. The Labute approximate surface area is 522 Å². The number of rotatable bonds is 6. The summed E-state index contributed by atoms with van der Waals surface area (Å²) in [6.07, 6.45) is 0. The van der Waals surface area contributed by atoms with Crippen molar-refractivity contribution in [3.8, 4) is 0 Å². The molecule has 490 valence electrons. The van der Waals surface area contributed by atoms with Crippen molar-refractivity contribution in [1.29, 1.82) is 0 Å². The summed E-state index contributed by atoms with van der Waals surface area (Å²) in [6.45, 7) is 7.17. The molecule has 0 aromatic rings. The Morgan fingerprint density at radius 2 is 0.162 bits per heavy atom. The van der Waals surface area contributed by atoms with E-state index in [0.29, 0.717) is 78.5 Å². The van der Waals surface area contributed by atoms with Gasteiger partial charge in [0.2, 0.25) is 0 Å². The molecule has 0 saturated heterocycles. The molecule has 46 nitrogen and oxygen atoms in total. The van der Waals surface area contributed by atoms with Crippen LogP contribution in [0.1, 0.15) is 0 Å². The maximum absolute atomic E-state index is 4.90. The van der Waals surface area contributed by atoms with Crippen molar-refractivity contribution in [2.24, 2.45) is 68.8 Å². The summed E-state index contributed by atoms with van der Waals surface area (Å²) < 4.78 is 0. The Hall–Kier alpha value is 4.28. The SMILES string of the molecule is NCCN.NCCN.NCCN.NCCN.NCCN.NCCN.O.O.O.O.O.O.[Cl-].[Co+3].[Co+3].[Mo].[Mo].[Mo].[Mo].[Mo].[Mo].[Mo].[O-2].[O-2].[O-2].[O-2].[O-2].[O-2].[O-2].[O-2].[O-2].[O-2].[O-2].[O-2].[O-2].[O-2].[O-2].[O-2].[O-2].[O-2].[O-2].[O-2].[O-2].[O-2].[O-2].[O-2].[OH3+].[OH3+].[OH3+].[OH3+]. The molecule has 0 radical (unpaired) electrons. The normalized spacial score (nSPS) is 2.65. The second kappa shape index (κ2) is 1330. The van der Waals surface area contributed by atoms with Crippen LogP contribution in [0.4, 0.5) is 0 Å². The summed E-state index contributed by atoms with van der Waals surface area (Å²) in [5.41, 5.74) is 58.8. The summed E-state index contributed by atoms with van der Waals surface area (Å²) in [7, 11) is 0. The Morgan fingerprint density at radius 3 is 0.162 bits per heavy atom. The van der Waals surface area contributed by atoms with Gasteiger partial charge in [0.1, 0.15) is 0 Å². The molecule has 0 spiro atoms. The van der Waals surface area contributed by atoms with Gasteiger partial charge < -0.3 is 267 Å². The average molecular weight is 1750 g/mol. The third kappa shape index (κ3) is 3190. The first kappa shape index (κ1) is 740. The maximum atomic E-state index is 4.90. The largest absolute Gasteiger partial charge is 3.00 e. The van der Waals surface area contributed by atoms with Crippen molar-refractivity contribution < 1.29 is 380 Å². The fourth-order valence-electron chi connectivity index (χ4n) is 0. The number of hydrogen-bond acceptors (Lipinski definition) is 12. The van der Waals surface area contributed by atoms with E-state index in [4.69, 9.17) is 68.8 Å². The zero-order valence-corrected chi connectivity index (χ0v) is 51.3. The number of hydrogen-bond donors (Lipinski definition) is 12. The van der Waals surface area contributed by atoms with E-state index in [1.54, 1.807) is 0 Å². The van der Waals surface area contributed by atoms with Gasteiger partial charge in [0.05, 0.1) is 0 Å². The van der Waals surface area contributed by atoms with Gasteiger partial charge in [0.15, 0.2) is 0 Å². The van der Waals surface area contributed by atoms with Gasteiger partial charge in [-0.3, -0.25) is 0 Å². The van der Waals surface area contributed by atoms with Crippen molar-refractivity contribution in [3.63, 3.8) is 0 Å². The summed E-state index contributed by atoms with van der Waals surface area (Å²) in [5.74, 6) is 0. The Bertz CT molecular complexity index is 176. The molecule has 0 bridgehead atoms. The molecule has 0 atom stereocenters. The Balaban J connectivity index is -0.00000000105. The monoisotopic (exact) mass is 1770 g/mol. The molecule has 48 N–H and O–H groups in total. The van der Waals surface area contributed by atoms with Crippen LogP contribution in [-0.4, -0.2) is 111 Å². The fourth-order valence-corrected chi connectivity index (χ4v) is 0. The van der Waals surface area contributed by atoms with E-state index in [0.717, 1.165) is 0 Å². The molecule has 0 aromatic heterocycles. The van der Waals surface area contributed by atoms with Crippen LogP contribution in [0.5, 0.6) is 0 Å². The molecular weight excluding hydrogens is 1680 g/mol. The van der Waals surface area contributed by atoms with E-state index in [9.17, 15) is 0 Å². The van der Waals surface area contributed by atoms with Crippen LogP contribution in [0.3, 0.4) is 0 Å². The molecule has 0 aliphatic rings. The van der Waals surface area contributed by atoms with Crippen LogP contribution in [0.2, 0.25) is 0 Å². The van der Waals surface area contributed by atoms with Crippen LogP contribution < -0.4 is 81.2 Å². The van der Waals surface area contributed by atoms with E-state index in [2.05, 4.69) is 0 Å². The van der Waals surface area contributed by atoms with E-state index >= 15 is 0 Å². The van der Waals surface area contributed by atoms with Crippen molar-refractivity contribution in [2.45, 2.75) is 0 Å².